The number of anilines is 2. The van der Waals surface area contributed by atoms with E-state index in [9.17, 15) is 9.59 Å². The Kier molecular flexibility index (Phi) is 4.96. The fourth-order valence-electron chi connectivity index (χ4n) is 2.98. The van der Waals surface area contributed by atoms with Gasteiger partial charge in [0.25, 0.3) is 5.91 Å². The van der Waals surface area contributed by atoms with E-state index < -0.39 is 0 Å². The lowest BCUT2D eigenvalue weighted by Crippen LogP contribution is -2.34. The third kappa shape index (κ3) is 4.02. The van der Waals surface area contributed by atoms with Crippen LogP contribution in [0.25, 0.3) is 0 Å². The summed E-state index contributed by atoms with van der Waals surface area (Å²) >= 11 is 0. The van der Waals surface area contributed by atoms with E-state index in [0.717, 1.165) is 25.7 Å². The first kappa shape index (κ1) is 16.3. The molecule has 2 aromatic rings. The van der Waals surface area contributed by atoms with Crippen molar-refractivity contribution >= 4 is 23.2 Å². The summed E-state index contributed by atoms with van der Waals surface area (Å²) in [6.07, 6.45) is 6.40. The van der Waals surface area contributed by atoms with Gasteiger partial charge in [-0.15, -0.1) is 0 Å². The van der Waals surface area contributed by atoms with Crippen LogP contribution in [0.1, 0.15) is 36.0 Å². The lowest BCUT2D eigenvalue weighted by molar-refractivity contribution is -0.120. The van der Waals surface area contributed by atoms with E-state index in [1.807, 2.05) is 0 Å². The minimum absolute atomic E-state index is 0.0107. The molecule has 0 saturated heterocycles. The number of nitrogens with two attached hydrogens (primary N) is 1. The van der Waals surface area contributed by atoms with Gasteiger partial charge in [0.2, 0.25) is 5.91 Å². The average Bonchev–Trinajstić information content (AvgIpc) is 3.10. The standard InChI is InChI=1S/C18H21N3O3/c19-14-4-1-3-12(9-14)17(22)20-15-5-2-6-16(10-15)21-18(23)13-7-8-24-11-13/h2,5-8,10-12,14H,1,3-4,9,19H2,(H,20,22)(H,21,23). The monoisotopic (exact) mass is 327 g/mol. The second-order valence-electron chi connectivity index (χ2n) is 6.16. The van der Waals surface area contributed by atoms with Crippen LogP contribution in [-0.4, -0.2) is 17.9 Å². The molecule has 1 aromatic carbocycles. The molecule has 2 atom stereocenters. The van der Waals surface area contributed by atoms with E-state index >= 15 is 0 Å². The van der Waals surface area contributed by atoms with Crippen LogP contribution < -0.4 is 16.4 Å². The van der Waals surface area contributed by atoms with E-state index in [1.165, 1.54) is 12.5 Å². The molecule has 0 bridgehead atoms. The second kappa shape index (κ2) is 7.31. The summed E-state index contributed by atoms with van der Waals surface area (Å²) in [6, 6.07) is 8.78. The summed E-state index contributed by atoms with van der Waals surface area (Å²) in [5, 5.41) is 5.69. The molecule has 1 saturated carbocycles. The summed E-state index contributed by atoms with van der Waals surface area (Å²) in [5.74, 6) is -0.313. The van der Waals surface area contributed by atoms with Gasteiger partial charge in [-0.2, -0.15) is 0 Å². The van der Waals surface area contributed by atoms with Crippen LogP contribution in [0.15, 0.2) is 47.3 Å². The van der Waals surface area contributed by atoms with Crippen molar-refractivity contribution in [2.45, 2.75) is 31.7 Å². The van der Waals surface area contributed by atoms with Gasteiger partial charge in [0, 0.05) is 23.3 Å². The summed E-state index contributed by atoms with van der Waals surface area (Å²) in [5.41, 5.74) is 7.66. The molecule has 0 radical (unpaired) electrons. The van der Waals surface area contributed by atoms with Gasteiger partial charge in [0.1, 0.15) is 6.26 Å². The molecule has 24 heavy (non-hydrogen) atoms. The third-order valence-electron chi connectivity index (χ3n) is 4.26. The Hall–Kier alpha value is -2.60. The third-order valence-corrected chi connectivity index (χ3v) is 4.26. The number of amides is 2. The molecule has 4 N–H and O–H groups in total. The number of carbonyl (C=O) groups is 2. The molecular weight excluding hydrogens is 306 g/mol. The first-order valence-corrected chi connectivity index (χ1v) is 8.12. The van der Waals surface area contributed by atoms with E-state index in [-0.39, 0.29) is 23.8 Å². The maximum Gasteiger partial charge on any atom is 0.258 e. The van der Waals surface area contributed by atoms with Crippen LogP contribution >= 0.6 is 0 Å². The maximum absolute atomic E-state index is 12.4. The molecule has 0 aliphatic heterocycles. The van der Waals surface area contributed by atoms with Crippen LogP contribution in [0.5, 0.6) is 0 Å². The summed E-state index contributed by atoms with van der Waals surface area (Å²) < 4.78 is 4.90. The Balaban J connectivity index is 1.62. The Bertz CT molecular complexity index is 712. The zero-order valence-corrected chi connectivity index (χ0v) is 13.3. The Morgan fingerprint density at radius 3 is 2.62 bits per heavy atom. The largest absolute Gasteiger partial charge is 0.472 e. The van der Waals surface area contributed by atoms with Crippen molar-refractivity contribution in [1.29, 1.82) is 0 Å². The van der Waals surface area contributed by atoms with Gasteiger partial charge < -0.3 is 20.8 Å². The summed E-state index contributed by atoms with van der Waals surface area (Å²) in [4.78, 5) is 24.4. The number of benzene rings is 1. The molecular formula is C18H21N3O3. The molecule has 1 aromatic heterocycles. The number of rotatable bonds is 4. The molecule has 2 unspecified atom stereocenters. The number of hydrogen-bond acceptors (Lipinski definition) is 4. The van der Waals surface area contributed by atoms with Crippen molar-refractivity contribution in [3.63, 3.8) is 0 Å². The molecule has 0 spiro atoms. The van der Waals surface area contributed by atoms with Gasteiger partial charge in [0.05, 0.1) is 11.8 Å². The van der Waals surface area contributed by atoms with Gasteiger partial charge >= 0.3 is 0 Å². The molecule has 1 aliphatic carbocycles. The van der Waals surface area contributed by atoms with Gasteiger partial charge in [-0.3, -0.25) is 9.59 Å². The Labute approximate surface area is 140 Å². The normalized spacial score (nSPS) is 20.4. The summed E-state index contributed by atoms with van der Waals surface area (Å²) in [7, 11) is 0. The quantitative estimate of drug-likeness (QED) is 0.804. The number of hydrogen-bond donors (Lipinski definition) is 3. The van der Waals surface area contributed by atoms with Gasteiger partial charge in [-0.1, -0.05) is 12.5 Å². The van der Waals surface area contributed by atoms with Crippen molar-refractivity contribution in [3.05, 3.63) is 48.4 Å². The minimum atomic E-state index is -0.259. The Morgan fingerprint density at radius 1 is 1.12 bits per heavy atom. The second-order valence-corrected chi connectivity index (χ2v) is 6.16. The first-order valence-electron chi connectivity index (χ1n) is 8.12. The smallest absolute Gasteiger partial charge is 0.258 e. The average molecular weight is 327 g/mol. The highest BCUT2D eigenvalue weighted by molar-refractivity contribution is 6.04. The molecule has 1 fully saturated rings. The fourth-order valence-corrected chi connectivity index (χ4v) is 2.98. The van der Waals surface area contributed by atoms with E-state index in [4.69, 9.17) is 10.2 Å². The van der Waals surface area contributed by atoms with Crippen LogP contribution in [0.3, 0.4) is 0 Å². The predicted molar refractivity (Wildman–Crippen MR) is 91.7 cm³/mol. The van der Waals surface area contributed by atoms with Crippen molar-refractivity contribution in [1.82, 2.24) is 0 Å². The lowest BCUT2D eigenvalue weighted by Gasteiger charge is -2.25. The summed E-state index contributed by atoms with van der Waals surface area (Å²) in [6.45, 7) is 0. The molecule has 6 nitrogen and oxygen atoms in total. The van der Waals surface area contributed by atoms with E-state index in [1.54, 1.807) is 30.3 Å². The zero-order valence-electron chi connectivity index (χ0n) is 13.3. The SMILES string of the molecule is NC1CCCC(C(=O)Nc2cccc(NC(=O)c3ccoc3)c2)C1. The molecule has 1 heterocycles. The van der Waals surface area contributed by atoms with Crippen LogP contribution in [0.4, 0.5) is 11.4 Å². The number of nitrogens with one attached hydrogen (secondary N) is 2. The highest BCUT2D eigenvalue weighted by Crippen LogP contribution is 2.25. The van der Waals surface area contributed by atoms with Crippen LogP contribution in [-0.2, 0) is 4.79 Å². The fraction of sp³-hybridized carbons (Fsp3) is 0.333. The van der Waals surface area contributed by atoms with Crippen molar-refractivity contribution in [2.75, 3.05) is 10.6 Å². The highest BCUT2D eigenvalue weighted by atomic mass is 16.3. The van der Waals surface area contributed by atoms with E-state index in [0.29, 0.717) is 16.9 Å². The molecule has 3 rings (SSSR count). The zero-order chi connectivity index (χ0) is 16.9. The van der Waals surface area contributed by atoms with E-state index in [2.05, 4.69) is 10.6 Å². The first-order chi connectivity index (χ1) is 11.6. The Morgan fingerprint density at radius 2 is 1.92 bits per heavy atom. The molecule has 6 heteroatoms. The molecule has 2 amide bonds. The predicted octanol–water partition coefficient (Wildman–Crippen LogP) is 2.99. The number of carbonyl (C=O) groups excluding carboxylic acids is 2. The minimum Gasteiger partial charge on any atom is -0.472 e. The van der Waals surface area contributed by atoms with Gasteiger partial charge in [-0.25, -0.2) is 0 Å². The molecule has 1 aliphatic rings. The highest BCUT2D eigenvalue weighted by Gasteiger charge is 2.25. The maximum atomic E-state index is 12.4. The van der Waals surface area contributed by atoms with Crippen molar-refractivity contribution < 1.29 is 14.0 Å². The van der Waals surface area contributed by atoms with Gasteiger partial charge in [0.15, 0.2) is 0 Å². The number of furan rings is 1. The van der Waals surface area contributed by atoms with Crippen molar-refractivity contribution in [3.8, 4) is 0 Å². The molecule has 126 valence electrons. The van der Waals surface area contributed by atoms with Gasteiger partial charge in [-0.05, 0) is 43.5 Å². The topological polar surface area (TPSA) is 97.4 Å². The van der Waals surface area contributed by atoms with Crippen LogP contribution in [0.2, 0.25) is 0 Å². The van der Waals surface area contributed by atoms with Crippen LogP contribution in [0, 0.1) is 5.92 Å². The lowest BCUT2D eigenvalue weighted by atomic mass is 9.85. The van der Waals surface area contributed by atoms with Crippen molar-refractivity contribution in [2.24, 2.45) is 11.7 Å².